The van der Waals surface area contributed by atoms with Gasteiger partial charge in [0.05, 0.1) is 20.6 Å². The fraction of sp³-hybridized carbons (Fsp3) is 0.278. The van der Waals surface area contributed by atoms with Crippen LogP contribution in [0.4, 0.5) is 5.69 Å². The van der Waals surface area contributed by atoms with E-state index >= 15 is 0 Å². The zero-order valence-corrected chi connectivity index (χ0v) is 28.5. The summed E-state index contributed by atoms with van der Waals surface area (Å²) in [4.78, 5) is 30.1. The van der Waals surface area contributed by atoms with Crippen molar-refractivity contribution in [3.8, 4) is 0 Å². The molecule has 7 nitrogen and oxygen atoms in total. The zero-order chi connectivity index (χ0) is 33.3. The molecule has 242 valence electrons. The molecule has 0 heterocycles. The van der Waals surface area contributed by atoms with Gasteiger partial charge in [-0.2, -0.15) is 0 Å². The molecule has 1 N–H and O–H groups in total. The Balaban J connectivity index is 1.84. The lowest BCUT2D eigenvalue weighted by molar-refractivity contribution is -0.140. The van der Waals surface area contributed by atoms with Gasteiger partial charge >= 0.3 is 0 Å². The fourth-order valence-electron chi connectivity index (χ4n) is 5.12. The molecule has 0 aromatic heterocycles. The monoisotopic (exact) mass is 679 g/mol. The van der Waals surface area contributed by atoms with E-state index in [-0.39, 0.29) is 29.8 Å². The maximum absolute atomic E-state index is 14.6. The summed E-state index contributed by atoms with van der Waals surface area (Å²) in [5, 5.41) is 3.70. The molecule has 0 unspecified atom stereocenters. The highest BCUT2D eigenvalue weighted by Crippen LogP contribution is 2.29. The van der Waals surface area contributed by atoms with Crippen molar-refractivity contribution in [2.45, 2.75) is 63.6 Å². The number of hydrogen-bond acceptors (Lipinski definition) is 4. The number of anilines is 1. The van der Waals surface area contributed by atoms with Gasteiger partial charge in [-0.1, -0.05) is 110 Å². The number of carbonyl (C=O) groups excluding carboxylic acids is 2. The third kappa shape index (κ3) is 8.69. The Morgan fingerprint density at radius 3 is 2.07 bits per heavy atom. The van der Waals surface area contributed by atoms with Crippen LogP contribution < -0.4 is 9.62 Å². The van der Waals surface area contributed by atoms with Crippen molar-refractivity contribution in [3.63, 3.8) is 0 Å². The number of benzene rings is 4. The first kappa shape index (κ1) is 35.0. The normalized spacial score (nSPS) is 12.6. The zero-order valence-electron chi connectivity index (χ0n) is 26.2. The van der Waals surface area contributed by atoms with Crippen LogP contribution in [0, 0.1) is 0 Å². The Labute approximate surface area is 282 Å². The second-order valence-corrected chi connectivity index (χ2v) is 13.8. The molecule has 10 heteroatoms. The molecule has 0 radical (unpaired) electrons. The van der Waals surface area contributed by atoms with Gasteiger partial charge in [0, 0.05) is 19.0 Å². The predicted octanol–water partition coefficient (Wildman–Crippen LogP) is 7.31. The Bertz CT molecular complexity index is 1740. The van der Waals surface area contributed by atoms with Crippen molar-refractivity contribution in [2.24, 2.45) is 0 Å². The summed E-state index contributed by atoms with van der Waals surface area (Å²) in [5.41, 5.74) is 2.66. The molecule has 0 aliphatic heterocycles. The number of halogens is 2. The molecule has 0 saturated carbocycles. The molecular formula is C36H39Cl2N3O4S. The molecule has 0 fully saturated rings. The largest absolute Gasteiger partial charge is 0.352 e. The lowest BCUT2D eigenvalue weighted by Gasteiger charge is -2.34. The van der Waals surface area contributed by atoms with E-state index in [2.05, 4.69) is 5.32 Å². The minimum Gasteiger partial charge on any atom is -0.352 e. The van der Waals surface area contributed by atoms with Crippen LogP contribution in [-0.4, -0.2) is 43.8 Å². The number of aryl methyl sites for hydroxylation is 1. The summed E-state index contributed by atoms with van der Waals surface area (Å²) in [7, 11) is -4.18. The van der Waals surface area contributed by atoms with Crippen LogP contribution in [-0.2, 0) is 39.0 Å². The quantitative estimate of drug-likeness (QED) is 0.151. The average molecular weight is 681 g/mol. The summed E-state index contributed by atoms with van der Waals surface area (Å²) in [6, 6.07) is 28.5. The standard InChI is InChI=1S/C36H39Cl2N3O4S/c1-4-26(3)39-36(43)34(23-27-14-8-6-9-15-27)40(24-28-20-21-31(37)32(38)22-28)35(42)25-41(33-19-13-12-16-29(33)5-2)46(44,45)30-17-10-7-11-18-30/h6-22,26,34H,4-5,23-25H2,1-3H3,(H,39,43)/t26-,34+/m0/s1. The predicted molar refractivity (Wildman–Crippen MR) is 186 cm³/mol. The van der Waals surface area contributed by atoms with Gasteiger partial charge in [-0.15, -0.1) is 0 Å². The molecule has 0 aliphatic rings. The van der Waals surface area contributed by atoms with E-state index in [0.29, 0.717) is 34.1 Å². The first-order valence-electron chi connectivity index (χ1n) is 15.3. The van der Waals surface area contributed by atoms with Crippen molar-refractivity contribution in [1.82, 2.24) is 10.2 Å². The summed E-state index contributed by atoms with van der Waals surface area (Å²) in [6.07, 6.45) is 1.46. The van der Waals surface area contributed by atoms with Crippen LogP contribution in [0.3, 0.4) is 0 Å². The van der Waals surface area contributed by atoms with Crippen LogP contribution >= 0.6 is 23.2 Å². The van der Waals surface area contributed by atoms with Gasteiger partial charge in [-0.3, -0.25) is 13.9 Å². The lowest BCUT2D eigenvalue weighted by atomic mass is 10.0. The Morgan fingerprint density at radius 2 is 1.43 bits per heavy atom. The van der Waals surface area contributed by atoms with Crippen LogP contribution in [0.2, 0.25) is 10.0 Å². The number of nitrogens with zero attached hydrogens (tertiary/aromatic N) is 2. The number of nitrogens with one attached hydrogen (secondary N) is 1. The first-order valence-corrected chi connectivity index (χ1v) is 17.5. The second kappa shape index (κ2) is 16.1. The van der Waals surface area contributed by atoms with E-state index in [9.17, 15) is 18.0 Å². The van der Waals surface area contributed by atoms with E-state index in [1.54, 1.807) is 48.5 Å². The highest BCUT2D eigenvalue weighted by molar-refractivity contribution is 7.92. The maximum atomic E-state index is 14.6. The van der Waals surface area contributed by atoms with Crippen LogP contribution in [0.25, 0.3) is 0 Å². The molecule has 46 heavy (non-hydrogen) atoms. The molecule has 2 atom stereocenters. The average Bonchev–Trinajstić information content (AvgIpc) is 3.07. The summed E-state index contributed by atoms with van der Waals surface area (Å²) >= 11 is 12.6. The van der Waals surface area contributed by atoms with Gasteiger partial charge in [0.15, 0.2) is 0 Å². The van der Waals surface area contributed by atoms with Crippen molar-refractivity contribution >= 4 is 50.7 Å². The van der Waals surface area contributed by atoms with E-state index in [1.807, 2.05) is 63.2 Å². The van der Waals surface area contributed by atoms with Crippen LogP contribution in [0.5, 0.6) is 0 Å². The minimum atomic E-state index is -4.18. The van der Waals surface area contributed by atoms with Crippen molar-refractivity contribution in [3.05, 3.63) is 130 Å². The van der Waals surface area contributed by atoms with Gasteiger partial charge in [0.2, 0.25) is 11.8 Å². The summed E-state index contributed by atoms with van der Waals surface area (Å²) in [6.45, 7) is 5.26. The lowest BCUT2D eigenvalue weighted by Crippen LogP contribution is -2.54. The number of hydrogen-bond donors (Lipinski definition) is 1. The SMILES string of the molecule is CCc1ccccc1N(CC(=O)N(Cc1ccc(Cl)c(Cl)c1)[C@H](Cc1ccccc1)C(=O)N[C@@H](C)CC)S(=O)(=O)c1ccccc1. The highest BCUT2D eigenvalue weighted by Gasteiger charge is 2.35. The topological polar surface area (TPSA) is 86.8 Å². The molecule has 2 amide bonds. The van der Waals surface area contributed by atoms with Crippen molar-refractivity contribution in [1.29, 1.82) is 0 Å². The number of carbonyl (C=O) groups is 2. The van der Waals surface area contributed by atoms with Gasteiger partial charge in [-0.05, 0) is 66.8 Å². The van der Waals surface area contributed by atoms with Crippen LogP contribution in [0.1, 0.15) is 43.9 Å². The van der Waals surface area contributed by atoms with Crippen molar-refractivity contribution < 1.29 is 18.0 Å². The van der Waals surface area contributed by atoms with Crippen molar-refractivity contribution in [2.75, 3.05) is 10.8 Å². The van der Waals surface area contributed by atoms with Gasteiger partial charge < -0.3 is 10.2 Å². The van der Waals surface area contributed by atoms with E-state index in [0.717, 1.165) is 15.4 Å². The second-order valence-electron chi connectivity index (χ2n) is 11.1. The third-order valence-electron chi connectivity index (χ3n) is 7.86. The number of rotatable bonds is 14. The van der Waals surface area contributed by atoms with Gasteiger partial charge in [0.1, 0.15) is 12.6 Å². The van der Waals surface area contributed by atoms with Gasteiger partial charge in [0.25, 0.3) is 10.0 Å². The minimum absolute atomic E-state index is 0.00417. The number of sulfonamides is 1. The maximum Gasteiger partial charge on any atom is 0.264 e. The molecule has 4 aromatic rings. The Kier molecular flexibility index (Phi) is 12.3. The van der Waals surface area contributed by atoms with Crippen LogP contribution in [0.15, 0.2) is 108 Å². The third-order valence-corrected chi connectivity index (χ3v) is 10.4. The van der Waals surface area contributed by atoms with E-state index < -0.39 is 28.5 Å². The molecule has 4 aromatic carbocycles. The highest BCUT2D eigenvalue weighted by atomic mass is 35.5. The molecule has 0 bridgehead atoms. The fourth-order valence-corrected chi connectivity index (χ4v) is 6.91. The molecule has 0 saturated heterocycles. The molecule has 0 aliphatic carbocycles. The smallest absolute Gasteiger partial charge is 0.264 e. The molecule has 0 spiro atoms. The first-order chi connectivity index (χ1) is 22.0. The molecular weight excluding hydrogens is 641 g/mol. The Hall–Kier alpha value is -3.85. The summed E-state index contributed by atoms with van der Waals surface area (Å²) < 4.78 is 29.6. The summed E-state index contributed by atoms with van der Waals surface area (Å²) in [5.74, 6) is -0.880. The number of amides is 2. The van der Waals surface area contributed by atoms with E-state index in [4.69, 9.17) is 23.2 Å². The molecule has 4 rings (SSSR count). The van der Waals surface area contributed by atoms with Gasteiger partial charge in [-0.25, -0.2) is 8.42 Å². The Morgan fingerprint density at radius 1 is 0.804 bits per heavy atom. The number of para-hydroxylation sites is 1. The van der Waals surface area contributed by atoms with E-state index in [1.165, 1.54) is 17.0 Å².